The van der Waals surface area contributed by atoms with Gasteiger partial charge in [-0.2, -0.15) is 0 Å². The van der Waals surface area contributed by atoms with Crippen LogP contribution in [-0.4, -0.2) is 19.3 Å². The lowest BCUT2D eigenvalue weighted by atomic mass is 10.1. The first-order valence-electron chi connectivity index (χ1n) is 7.51. The molecular weight excluding hydrogens is 295 g/mol. The van der Waals surface area contributed by atoms with E-state index in [1.165, 1.54) is 12.1 Å². The highest BCUT2D eigenvalue weighted by molar-refractivity contribution is 5.73. The molecular formula is C18H21FN2O2. The molecule has 2 amide bonds. The maximum atomic E-state index is 12.8. The minimum absolute atomic E-state index is 0.104. The number of rotatable bonds is 6. The topological polar surface area (TPSA) is 50.4 Å². The molecule has 4 nitrogen and oxygen atoms in total. The molecule has 0 fully saturated rings. The predicted octanol–water partition coefficient (Wildman–Crippen LogP) is 3.32. The number of carbonyl (C=O) groups is 1. The number of carbonyl (C=O) groups excluding carboxylic acids is 1. The highest BCUT2D eigenvalue weighted by Gasteiger charge is 2.03. The second-order valence-corrected chi connectivity index (χ2v) is 5.30. The van der Waals surface area contributed by atoms with Crippen molar-refractivity contribution >= 4 is 6.03 Å². The van der Waals surface area contributed by atoms with Gasteiger partial charge >= 0.3 is 6.03 Å². The largest absolute Gasteiger partial charge is 0.473 e. The van der Waals surface area contributed by atoms with Crippen LogP contribution < -0.4 is 15.4 Å². The second-order valence-electron chi connectivity index (χ2n) is 5.30. The molecule has 0 aliphatic heterocycles. The fourth-order valence-corrected chi connectivity index (χ4v) is 2.09. The van der Waals surface area contributed by atoms with Crippen molar-refractivity contribution in [1.82, 2.24) is 10.6 Å². The molecule has 0 unspecified atom stereocenters. The van der Waals surface area contributed by atoms with E-state index in [0.717, 1.165) is 22.4 Å². The number of halogens is 1. The Hall–Kier alpha value is -2.56. The zero-order valence-electron chi connectivity index (χ0n) is 13.4. The van der Waals surface area contributed by atoms with Gasteiger partial charge in [-0.15, -0.1) is 0 Å². The maximum Gasteiger partial charge on any atom is 0.317 e. The number of nitrogens with one attached hydrogen (secondary N) is 2. The summed E-state index contributed by atoms with van der Waals surface area (Å²) in [6, 6.07) is 11.7. The monoisotopic (exact) mass is 316 g/mol. The van der Waals surface area contributed by atoms with E-state index < -0.39 is 0 Å². The third-order valence-corrected chi connectivity index (χ3v) is 3.63. The number of hydrogen-bond donors (Lipinski definition) is 2. The molecule has 0 aromatic heterocycles. The summed E-state index contributed by atoms with van der Waals surface area (Å²) in [6.07, 6.45) is 0.644. The average Bonchev–Trinajstić information content (AvgIpc) is 2.53. The van der Waals surface area contributed by atoms with E-state index in [9.17, 15) is 9.18 Å². The summed E-state index contributed by atoms with van der Waals surface area (Å²) in [5.41, 5.74) is 3.18. The molecule has 2 aromatic rings. The summed E-state index contributed by atoms with van der Waals surface area (Å²) >= 11 is 0. The van der Waals surface area contributed by atoms with Crippen molar-refractivity contribution in [2.75, 3.05) is 13.3 Å². The van der Waals surface area contributed by atoms with Crippen LogP contribution >= 0.6 is 0 Å². The van der Waals surface area contributed by atoms with Gasteiger partial charge in [0, 0.05) is 6.54 Å². The number of urea groups is 1. The molecule has 2 aromatic carbocycles. The number of benzene rings is 2. The van der Waals surface area contributed by atoms with Crippen molar-refractivity contribution in [3.05, 3.63) is 65.0 Å². The Bertz CT molecular complexity index is 657. The van der Waals surface area contributed by atoms with Gasteiger partial charge in [0.15, 0.2) is 6.73 Å². The van der Waals surface area contributed by atoms with E-state index in [0.29, 0.717) is 13.0 Å². The average molecular weight is 316 g/mol. The number of ether oxygens (including phenoxy) is 1. The third-order valence-electron chi connectivity index (χ3n) is 3.63. The van der Waals surface area contributed by atoms with Crippen LogP contribution in [0.4, 0.5) is 9.18 Å². The summed E-state index contributed by atoms with van der Waals surface area (Å²) in [5, 5.41) is 5.38. The maximum absolute atomic E-state index is 12.8. The van der Waals surface area contributed by atoms with Crippen molar-refractivity contribution < 1.29 is 13.9 Å². The van der Waals surface area contributed by atoms with Crippen LogP contribution in [0.2, 0.25) is 0 Å². The van der Waals surface area contributed by atoms with Gasteiger partial charge in [0.05, 0.1) is 0 Å². The fraction of sp³-hybridized carbons (Fsp3) is 0.278. The lowest BCUT2D eigenvalue weighted by molar-refractivity contribution is 0.224. The van der Waals surface area contributed by atoms with E-state index in [1.54, 1.807) is 12.1 Å². The summed E-state index contributed by atoms with van der Waals surface area (Å²) < 4.78 is 18.3. The van der Waals surface area contributed by atoms with E-state index in [4.69, 9.17) is 4.74 Å². The predicted molar refractivity (Wildman–Crippen MR) is 88.0 cm³/mol. The first kappa shape index (κ1) is 16.8. The number of amides is 2. The van der Waals surface area contributed by atoms with Gasteiger partial charge < -0.3 is 15.4 Å². The van der Waals surface area contributed by atoms with Gasteiger partial charge in [-0.25, -0.2) is 9.18 Å². The fourth-order valence-electron chi connectivity index (χ4n) is 2.09. The molecule has 0 aliphatic rings. The molecule has 0 radical (unpaired) electrons. The van der Waals surface area contributed by atoms with Crippen molar-refractivity contribution in [3.8, 4) is 5.75 Å². The first-order valence-corrected chi connectivity index (χ1v) is 7.51. The zero-order valence-corrected chi connectivity index (χ0v) is 13.4. The Labute approximate surface area is 135 Å². The molecule has 2 rings (SSSR count). The van der Waals surface area contributed by atoms with Crippen LogP contribution in [0.15, 0.2) is 42.5 Å². The summed E-state index contributed by atoms with van der Waals surface area (Å²) in [6.45, 7) is 4.57. The standard InChI is InChI=1S/C18H21FN2O2/c1-13-4-3-5-17(14(13)2)23-12-21-18(22)20-11-10-15-6-8-16(19)9-7-15/h3-9H,10-12H2,1-2H3,(H2,20,21,22). The quantitative estimate of drug-likeness (QED) is 0.803. The molecule has 23 heavy (non-hydrogen) atoms. The van der Waals surface area contributed by atoms with Crippen molar-refractivity contribution in [2.45, 2.75) is 20.3 Å². The third kappa shape index (κ3) is 5.29. The van der Waals surface area contributed by atoms with E-state index >= 15 is 0 Å². The van der Waals surface area contributed by atoms with Crippen LogP contribution in [0.3, 0.4) is 0 Å². The van der Waals surface area contributed by atoms with Crippen molar-refractivity contribution in [3.63, 3.8) is 0 Å². The Morgan fingerprint density at radius 1 is 1.09 bits per heavy atom. The lowest BCUT2D eigenvalue weighted by Gasteiger charge is -2.12. The van der Waals surface area contributed by atoms with Gasteiger partial charge in [-0.05, 0) is 55.2 Å². The smallest absolute Gasteiger partial charge is 0.317 e. The Morgan fingerprint density at radius 2 is 1.83 bits per heavy atom. The van der Waals surface area contributed by atoms with Crippen LogP contribution in [0.1, 0.15) is 16.7 Å². The molecule has 0 bridgehead atoms. The minimum atomic E-state index is -0.294. The second kappa shape index (κ2) is 8.17. The molecule has 0 saturated carbocycles. The number of hydrogen-bond acceptors (Lipinski definition) is 2. The Kier molecular flexibility index (Phi) is 5.97. The molecule has 2 N–H and O–H groups in total. The highest BCUT2D eigenvalue weighted by Crippen LogP contribution is 2.19. The summed E-state index contributed by atoms with van der Waals surface area (Å²) in [4.78, 5) is 11.7. The highest BCUT2D eigenvalue weighted by atomic mass is 19.1. The SMILES string of the molecule is Cc1cccc(OCNC(=O)NCCc2ccc(F)cc2)c1C. The summed E-state index contributed by atoms with van der Waals surface area (Å²) in [5.74, 6) is 0.500. The van der Waals surface area contributed by atoms with Gasteiger partial charge in [0.2, 0.25) is 0 Å². The van der Waals surface area contributed by atoms with Crippen molar-refractivity contribution in [1.29, 1.82) is 0 Å². The van der Waals surface area contributed by atoms with Crippen molar-refractivity contribution in [2.24, 2.45) is 0 Å². The van der Waals surface area contributed by atoms with Crippen LogP contribution in [0, 0.1) is 19.7 Å². The normalized spacial score (nSPS) is 10.2. The van der Waals surface area contributed by atoms with Crippen LogP contribution in [0.5, 0.6) is 5.75 Å². The number of aryl methyl sites for hydroxylation is 1. The lowest BCUT2D eigenvalue weighted by Crippen LogP contribution is -2.38. The van der Waals surface area contributed by atoms with Gasteiger partial charge in [-0.1, -0.05) is 24.3 Å². The van der Waals surface area contributed by atoms with Gasteiger partial charge in [0.1, 0.15) is 11.6 Å². The summed E-state index contributed by atoms with van der Waals surface area (Å²) in [7, 11) is 0. The molecule has 0 atom stereocenters. The Morgan fingerprint density at radius 3 is 2.57 bits per heavy atom. The molecule has 5 heteroatoms. The minimum Gasteiger partial charge on any atom is -0.473 e. The zero-order chi connectivity index (χ0) is 16.7. The molecule has 0 saturated heterocycles. The van der Waals surface area contributed by atoms with Gasteiger partial charge in [0.25, 0.3) is 0 Å². The van der Waals surface area contributed by atoms with E-state index in [1.807, 2.05) is 32.0 Å². The van der Waals surface area contributed by atoms with E-state index in [-0.39, 0.29) is 18.6 Å². The van der Waals surface area contributed by atoms with Crippen LogP contribution in [-0.2, 0) is 6.42 Å². The first-order chi connectivity index (χ1) is 11.1. The Balaban J connectivity index is 1.67. The van der Waals surface area contributed by atoms with E-state index in [2.05, 4.69) is 10.6 Å². The van der Waals surface area contributed by atoms with Gasteiger partial charge in [-0.3, -0.25) is 0 Å². The van der Waals surface area contributed by atoms with Crippen LogP contribution in [0.25, 0.3) is 0 Å². The molecule has 0 aliphatic carbocycles. The molecule has 122 valence electrons. The molecule has 0 heterocycles. The molecule has 0 spiro atoms.